The van der Waals surface area contributed by atoms with Crippen LogP contribution in [0.1, 0.15) is 20.3 Å². The number of nitrogen functional groups attached to an aromatic ring is 1. The Hall–Kier alpha value is -1.84. The molecule has 0 aliphatic carbocycles. The molecule has 0 amide bonds. The molecule has 4 heteroatoms. The molecule has 2 unspecified atom stereocenters. The Labute approximate surface area is 107 Å². The van der Waals surface area contributed by atoms with E-state index in [0.717, 1.165) is 34.9 Å². The monoisotopic (exact) mass is 242 g/mol. The van der Waals surface area contributed by atoms with Crippen molar-refractivity contribution >= 4 is 22.4 Å². The fourth-order valence-electron chi connectivity index (χ4n) is 2.88. The molecule has 1 aromatic heterocycles. The van der Waals surface area contributed by atoms with Gasteiger partial charge in [-0.05, 0) is 37.5 Å². The van der Waals surface area contributed by atoms with E-state index in [1.807, 2.05) is 18.2 Å². The Balaban J connectivity index is 2.12. The molecule has 18 heavy (non-hydrogen) atoms. The molecule has 1 aliphatic heterocycles. The van der Waals surface area contributed by atoms with Gasteiger partial charge in [-0.1, -0.05) is 6.92 Å². The van der Waals surface area contributed by atoms with Crippen LogP contribution >= 0.6 is 0 Å². The molecular formula is C14H18N4. The van der Waals surface area contributed by atoms with Gasteiger partial charge >= 0.3 is 0 Å². The van der Waals surface area contributed by atoms with Gasteiger partial charge in [-0.25, -0.2) is 9.97 Å². The summed E-state index contributed by atoms with van der Waals surface area (Å²) in [5.41, 5.74) is 7.47. The van der Waals surface area contributed by atoms with E-state index in [1.54, 1.807) is 6.33 Å². The Morgan fingerprint density at radius 3 is 2.83 bits per heavy atom. The van der Waals surface area contributed by atoms with Crippen molar-refractivity contribution in [3.8, 4) is 0 Å². The maximum atomic E-state index is 5.80. The van der Waals surface area contributed by atoms with Crippen LogP contribution in [-0.4, -0.2) is 22.6 Å². The number of aromatic nitrogens is 2. The summed E-state index contributed by atoms with van der Waals surface area (Å²) in [5.74, 6) is 1.76. The predicted molar refractivity (Wildman–Crippen MR) is 74.5 cm³/mol. The number of hydrogen-bond acceptors (Lipinski definition) is 4. The minimum absolute atomic E-state index is 0.538. The molecule has 0 radical (unpaired) electrons. The first kappa shape index (κ1) is 11.3. The van der Waals surface area contributed by atoms with Gasteiger partial charge in [0, 0.05) is 23.7 Å². The lowest BCUT2D eigenvalue weighted by atomic mass is 10.1. The molecule has 3 rings (SSSR count). The van der Waals surface area contributed by atoms with Crippen LogP contribution in [0.4, 0.5) is 11.5 Å². The molecule has 0 saturated carbocycles. The fourth-order valence-corrected chi connectivity index (χ4v) is 2.88. The normalized spacial score (nSPS) is 23.8. The van der Waals surface area contributed by atoms with Crippen molar-refractivity contribution in [2.45, 2.75) is 26.3 Å². The van der Waals surface area contributed by atoms with Crippen molar-refractivity contribution in [2.24, 2.45) is 5.92 Å². The lowest BCUT2D eigenvalue weighted by Gasteiger charge is -2.23. The largest absolute Gasteiger partial charge is 0.399 e. The molecule has 2 heterocycles. The maximum Gasteiger partial charge on any atom is 0.140 e. The smallest absolute Gasteiger partial charge is 0.140 e. The zero-order chi connectivity index (χ0) is 12.7. The Bertz CT molecular complexity index is 581. The third-order valence-corrected chi connectivity index (χ3v) is 3.70. The molecule has 1 aromatic carbocycles. The summed E-state index contributed by atoms with van der Waals surface area (Å²) in [6.07, 6.45) is 2.85. The van der Waals surface area contributed by atoms with E-state index in [9.17, 15) is 0 Å². The van der Waals surface area contributed by atoms with Gasteiger partial charge in [-0.2, -0.15) is 0 Å². The van der Waals surface area contributed by atoms with Crippen LogP contribution in [0.3, 0.4) is 0 Å². The molecule has 1 saturated heterocycles. The molecule has 94 valence electrons. The summed E-state index contributed by atoms with van der Waals surface area (Å²) in [4.78, 5) is 11.2. The van der Waals surface area contributed by atoms with Crippen LogP contribution in [-0.2, 0) is 0 Å². The van der Waals surface area contributed by atoms with Crippen molar-refractivity contribution < 1.29 is 0 Å². The molecule has 2 aromatic rings. The number of rotatable bonds is 1. The van der Waals surface area contributed by atoms with Gasteiger partial charge < -0.3 is 10.6 Å². The van der Waals surface area contributed by atoms with Gasteiger partial charge in [-0.3, -0.25) is 0 Å². The quantitative estimate of drug-likeness (QED) is 0.780. The Kier molecular flexibility index (Phi) is 2.58. The first-order valence-electron chi connectivity index (χ1n) is 6.42. The summed E-state index contributed by atoms with van der Waals surface area (Å²) in [7, 11) is 0. The molecular weight excluding hydrogens is 224 g/mol. The van der Waals surface area contributed by atoms with Crippen molar-refractivity contribution in [2.75, 3.05) is 17.2 Å². The standard InChI is InChI=1S/C14H18N4/c1-9-5-10(2)18(7-9)14-12-4-3-11(15)6-13(12)16-8-17-14/h3-4,6,8-10H,5,7,15H2,1-2H3. The van der Waals surface area contributed by atoms with E-state index in [2.05, 4.69) is 28.7 Å². The number of anilines is 2. The van der Waals surface area contributed by atoms with Gasteiger partial charge in [0.25, 0.3) is 0 Å². The summed E-state index contributed by atoms with van der Waals surface area (Å²) in [5, 5.41) is 1.09. The summed E-state index contributed by atoms with van der Waals surface area (Å²) in [6, 6.07) is 6.38. The highest BCUT2D eigenvalue weighted by Gasteiger charge is 2.28. The predicted octanol–water partition coefficient (Wildman–Crippen LogP) is 2.45. The maximum absolute atomic E-state index is 5.80. The van der Waals surface area contributed by atoms with Crippen LogP contribution in [0, 0.1) is 5.92 Å². The molecule has 1 fully saturated rings. The number of fused-ring (bicyclic) bond motifs is 1. The molecule has 0 spiro atoms. The van der Waals surface area contributed by atoms with Gasteiger partial charge in [-0.15, -0.1) is 0 Å². The van der Waals surface area contributed by atoms with Crippen LogP contribution in [0.15, 0.2) is 24.5 Å². The van der Waals surface area contributed by atoms with E-state index >= 15 is 0 Å². The van der Waals surface area contributed by atoms with E-state index in [4.69, 9.17) is 5.73 Å². The molecule has 1 aliphatic rings. The van der Waals surface area contributed by atoms with Crippen molar-refractivity contribution in [3.63, 3.8) is 0 Å². The second-order valence-corrected chi connectivity index (χ2v) is 5.32. The number of benzene rings is 1. The Morgan fingerprint density at radius 2 is 2.11 bits per heavy atom. The highest BCUT2D eigenvalue weighted by atomic mass is 15.2. The van der Waals surface area contributed by atoms with Gasteiger partial charge in [0.15, 0.2) is 0 Å². The topological polar surface area (TPSA) is 55.0 Å². The third kappa shape index (κ3) is 1.78. The summed E-state index contributed by atoms with van der Waals surface area (Å²) >= 11 is 0. The summed E-state index contributed by atoms with van der Waals surface area (Å²) < 4.78 is 0. The summed E-state index contributed by atoms with van der Waals surface area (Å²) in [6.45, 7) is 5.62. The average Bonchev–Trinajstić information content (AvgIpc) is 2.67. The number of hydrogen-bond donors (Lipinski definition) is 1. The van der Waals surface area contributed by atoms with E-state index in [-0.39, 0.29) is 0 Å². The number of nitrogens with two attached hydrogens (primary N) is 1. The second-order valence-electron chi connectivity index (χ2n) is 5.32. The second kappa shape index (κ2) is 4.12. The van der Waals surface area contributed by atoms with Crippen molar-refractivity contribution in [1.82, 2.24) is 9.97 Å². The minimum Gasteiger partial charge on any atom is -0.399 e. The molecule has 2 atom stereocenters. The third-order valence-electron chi connectivity index (χ3n) is 3.70. The van der Waals surface area contributed by atoms with Gasteiger partial charge in [0.2, 0.25) is 0 Å². The zero-order valence-electron chi connectivity index (χ0n) is 10.8. The fraction of sp³-hybridized carbons (Fsp3) is 0.429. The van der Waals surface area contributed by atoms with Crippen LogP contribution in [0.2, 0.25) is 0 Å². The van der Waals surface area contributed by atoms with Gasteiger partial charge in [0.05, 0.1) is 5.52 Å². The van der Waals surface area contributed by atoms with Crippen LogP contribution in [0.25, 0.3) is 10.9 Å². The van der Waals surface area contributed by atoms with Gasteiger partial charge in [0.1, 0.15) is 12.1 Å². The first-order chi connectivity index (χ1) is 8.65. The van der Waals surface area contributed by atoms with Crippen molar-refractivity contribution in [1.29, 1.82) is 0 Å². The van der Waals surface area contributed by atoms with Crippen molar-refractivity contribution in [3.05, 3.63) is 24.5 Å². The zero-order valence-corrected chi connectivity index (χ0v) is 10.8. The highest BCUT2D eigenvalue weighted by Crippen LogP contribution is 2.32. The molecule has 0 bridgehead atoms. The van der Waals surface area contributed by atoms with E-state index < -0.39 is 0 Å². The average molecular weight is 242 g/mol. The molecule has 2 N–H and O–H groups in total. The van der Waals surface area contributed by atoms with Crippen LogP contribution < -0.4 is 10.6 Å². The SMILES string of the molecule is CC1CC(C)N(c2ncnc3cc(N)ccc23)C1. The lowest BCUT2D eigenvalue weighted by molar-refractivity contribution is 0.625. The lowest BCUT2D eigenvalue weighted by Crippen LogP contribution is -2.27. The van der Waals surface area contributed by atoms with Crippen LogP contribution in [0.5, 0.6) is 0 Å². The van der Waals surface area contributed by atoms with E-state index in [0.29, 0.717) is 6.04 Å². The molecule has 4 nitrogen and oxygen atoms in total. The Morgan fingerprint density at radius 1 is 1.28 bits per heavy atom. The minimum atomic E-state index is 0.538. The van der Waals surface area contributed by atoms with E-state index in [1.165, 1.54) is 6.42 Å². The number of nitrogens with zero attached hydrogens (tertiary/aromatic N) is 3. The first-order valence-corrected chi connectivity index (χ1v) is 6.42. The highest BCUT2D eigenvalue weighted by molar-refractivity contribution is 5.91.